The van der Waals surface area contributed by atoms with Crippen molar-refractivity contribution in [2.45, 2.75) is 32.0 Å². The summed E-state index contributed by atoms with van der Waals surface area (Å²) in [4.78, 5) is 12.8. The van der Waals surface area contributed by atoms with Crippen molar-refractivity contribution in [3.05, 3.63) is 75.8 Å². The number of hydrogen-bond acceptors (Lipinski definition) is 4. The van der Waals surface area contributed by atoms with E-state index in [4.69, 9.17) is 4.74 Å². The van der Waals surface area contributed by atoms with Crippen LogP contribution in [0.3, 0.4) is 0 Å². The molecule has 5 heteroatoms. The first-order valence-electron chi connectivity index (χ1n) is 8.32. The van der Waals surface area contributed by atoms with E-state index in [0.717, 1.165) is 44.6 Å². The zero-order valence-electron chi connectivity index (χ0n) is 13.6. The highest BCUT2D eigenvalue weighted by molar-refractivity contribution is 5.32. The molecule has 5 nitrogen and oxygen atoms in total. The van der Waals surface area contributed by atoms with Gasteiger partial charge in [0.1, 0.15) is 0 Å². The Hall–Kier alpha value is -2.24. The lowest BCUT2D eigenvalue weighted by Crippen LogP contribution is -2.31. The Bertz CT molecular complexity index is 652. The van der Waals surface area contributed by atoms with Crippen LogP contribution < -0.4 is 0 Å². The minimum absolute atomic E-state index is 0.132. The number of benzene rings is 2. The Labute approximate surface area is 142 Å². The van der Waals surface area contributed by atoms with Crippen LogP contribution in [0.4, 0.5) is 5.69 Å². The van der Waals surface area contributed by atoms with Crippen LogP contribution in [0, 0.1) is 10.1 Å². The van der Waals surface area contributed by atoms with Gasteiger partial charge in [-0.25, -0.2) is 0 Å². The maximum Gasteiger partial charge on any atom is 0.269 e. The van der Waals surface area contributed by atoms with E-state index in [-0.39, 0.29) is 16.7 Å². The van der Waals surface area contributed by atoms with E-state index in [2.05, 4.69) is 17.0 Å². The molecule has 1 aliphatic heterocycles. The van der Waals surface area contributed by atoms with Crippen LogP contribution in [0.25, 0.3) is 0 Å². The summed E-state index contributed by atoms with van der Waals surface area (Å²) < 4.78 is 5.78. The van der Waals surface area contributed by atoms with Gasteiger partial charge >= 0.3 is 0 Å². The topological polar surface area (TPSA) is 55.6 Å². The van der Waals surface area contributed by atoms with Crippen molar-refractivity contribution in [1.29, 1.82) is 0 Å². The maximum atomic E-state index is 10.8. The summed E-state index contributed by atoms with van der Waals surface area (Å²) in [6, 6.07) is 17.2. The van der Waals surface area contributed by atoms with Gasteiger partial charge in [-0.3, -0.25) is 15.0 Å². The molecule has 1 atom stereocenters. The second kappa shape index (κ2) is 8.04. The molecule has 0 aliphatic carbocycles. The van der Waals surface area contributed by atoms with E-state index in [1.165, 1.54) is 5.56 Å². The van der Waals surface area contributed by atoms with Crippen LogP contribution in [-0.2, 0) is 17.8 Å². The Balaban J connectivity index is 1.69. The lowest BCUT2D eigenvalue weighted by molar-refractivity contribution is -0.384. The summed E-state index contributed by atoms with van der Waals surface area (Å²) in [6.07, 6.45) is 2.51. The molecule has 1 saturated heterocycles. The summed E-state index contributed by atoms with van der Waals surface area (Å²) in [5.41, 5.74) is 2.47. The number of nitro benzene ring substituents is 1. The predicted octanol–water partition coefficient (Wildman–Crippen LogP) is 3.78. The molecular weight excluding hydrogens is 304 g/mol. The van der Waals surface area contributed by atoms with Crippen LogP contribution in [0.15, 0.2) is 54.6 Å². The third-order valence-corrected chi connectivity index (χ3v) is 4.29. The van der Waals surface area contributed by atoms with Crippen LogP contribution in [-0.4, -0.2) is 29.1 Å². The molecule has 1 aliphatic rings. The van der Waals surface area contributed by atoms with E-state index in [1.807, 2.05) is 30.3 Å². The lowest BCUT2D eigenvalue weighted by Gasteiger charge is -2.25. The zero-order chi connectivity index (χ0) is 16.8. The number of nitrogens with zero attached hydrogens (tertiary/aromatic N) is 2. The van der Waals surface area contributed by atoms with Gasteiger partial charge < -0.3 is 4.74 Å². The average molecular weight is 326 g/mol. The Morgan fingerprint density at radius 2 is 1.71 bits per heavy atom. The van der Waals surface area contributed by atoms with E-state index >= 15 is 0 Å². The third kappa shape index (κ3) is 4.63. The fourth-order valence-electron chi connectivity index (χ4n) is 3.08. The highest BCUT2D eigenvalue weighted by Crippen LogP contribution is 2.18. The van der Waals surface area contributed by atoms with E-state index in [1.54, 1.807) is 12.1 Å². The Kier molecular flexibility index (Phi) is 5.56. The summed E-state index contributed by atoms with van der Waals surface area (Å²) in [6.45, 7) is 3.33. The molecule has 2 aromatic rings. The monoisotopic (exact) mass is 326 g/mol. The van der Waals surface area contributed by atoms with Crippen LogP contribution in [0.2, 0.25) is 0 Å². The number of ether oxygens (including phenoxy) is 1. The highest BCUT2D eigenvalue weighted by Gasteiger charge is 2.19. The first-order valence-corrected chi connectivity index (χ1v) is 8.32. The molecule has 0 N–H and O–H groups in total. The molecular formula is C19H22N2O3. The lowest BCUT2D eigenvalue weighted by atomic mass is 10.1. The molecule has 0 saturated carbocycles. The van der Waals surface area contributed by atoms with Gasteiger partial charge in [-0.1, -0.05) is 42.5 Å². The SMILES string of the molecule is O=[N+]([O-])c1ccc(CN(Cc2ccccc2)CC2CCCO2)cc1. The van der Waals surface area contributed by atoms with E-state index in [9.17, 15) is 10.1 Å². The number of hydrogen-bond donors (Lipinski definition) is 0. The third-order valence-electron chi connectivity index (χ3n) is 4.29. The largest absolute Gasteiger partial charge is 0.377 e. The van der Waals surface area contributed by atoms with Crippen molar-refractivity contribution >= 4 is 5.69 Å². The molecule has 3 rings (SSSR count). The number of non-ortho nitro benzene ring substituents is 1. The molecule has 0 bridgehead atoms. The van der Waals surface area contributed by atoms with E-state index in [0.29, 0.717) is 0 Å². The second-order valence-electron chi connectivity index (χ2n) is 6.21. The smallest absolute Gasteiger partial charge is 0.269 e. The molecule has 2 aromatic carbocycles. The first kappa shape index (κ1) is 16.6. The molecule has 0 aromatic heterocycles. The fraction of sp³-hybridized carbons (Fsp3) is 0.368. The van der Waals surface area contributed by atoms with Gasteiger partial charge in [0.25, 0.3) is 5.69 Å². The van der Waals surface area contributed by atoms with Crippen LogP contribution in [0.1, 0.15) is 24.0 Å². The molecule has 126 valence electrons. The van der Waals surface area contributed by atoms with Crippen molar-refractivity contribution < 1.29 is 9.66 Å². The Morgan fingerprint density at radius 1 is 1.04 bits per heavy atom. The minimum Gasteiger partial charge on any atom is -0.377 e. The summed E-state index contributed by atoms with van der Waals surface area (Å²) >= 11 is 0. The molecule has 1 fully saturated rings. The van der Waals surface area contributed by atoms with Crippen LogP contribution >= 0.6 is 0 Å². The zero-order valence-corrected chi connectivity index (χ0v) is 13.6. The predicted molar refractivity (Wildman–Crippen MR) is 92.6 cm³/mol. The van der Waals surface area contributed by atoms with Gasteiger partial charge in [0.2, 0.25) is 0 Å². The molecule has 0 spiro atoms. The fourth-order valence-corrected chi connectivity index (χ4v) is 3.08. The van der Waals surface area contributed by atoms with Crippen molar-refractivity contribution in [2.24, 2.45) is 0 Å². The number of nitro groups is 1. The van der Waals surface area contributed by atoms with Gasteiger partial charge in [0, 0.05) is 38.4 Å². The van der Waals surface area contributed by atoms with Crippen molar-refractivity contribution in [1.82, 2.24) is 4.90 Å². The van der Waals surface area contributed by atoms with Gasteiger partial charge in [0.15, 0.2) is 0 Å². The number of rotatable bonds is 7. The molecule has 1 unspecified atom stereocenters. The summed E-state index contributed by atoms with van der Waals surface area (Å²) in [7, 11) is 0. The maximum absolute atomic E-state index is 10.8. The highest BCUT2D eigenvalue weighted by atomic mass is 16.6. The normalized spacial score (nSPS) is 17.3. The average Bonchev–Trinajstić information content (AvgIpc) is 3.09. The quantitative estimate of drug-likeness (QED) is 0.574. The van der Waals surface area contributed by atoms with Crippen molar-refractivity contribution in [3.63, 3.8) is 0 Å². The minimum atomic E-state index is -0.363. The molecule has 0 amide bonds. The molecule has 1 heterocycles. The standard InChI is InChI=1S/C19H22N2O3/c22-21(23)18-10-8-17(9-11-18)14-20(15-19-7-4-12-24-19)13-16-5-2-1-3-6-16/h1-3,5-6,8-11,19H,4,7,12-15H2. The van der Waals surface area contributed by atoms with Gasteiger partial charge in [-0.15, -0.1) is 0 Å². The summed E-state index contributed by atoms with van der Waals surface area (Å²) in [5.74, 6) is 0. The first-order chi connectivity index (χ1) is 11.7. The van der Waals surface area contributed by atoms with E-state index < -0.39 is 0 Å². The van der Waals surface area contributed by atoms with Crippen molar-refractivity contribution in [2.75, 3.05) is 13.2 Å². The molecule has 0 radical (unpaired) electrons. The van der Waals surface area contributed by atoms with Gasteiger partial charge in [-0.2, -0.15) is 0 Å². The van der Waals surface area contributed by atoms with Crippen LogP contribution in [0.5, 0.6) is 0 Å². The molecule has 24 heavy (non-hydrogen) atoms. The summed E-state index contributed by atoms with van der Waals surface area (Å²) in [5, 5.41) is 10.8. The van der Waals surface area contributed by atoms with Gasteiger partial charge in [0.05, 0.1) is 11.0 Å². The van der Waals surface area contributed by atoms with Crippen molar-refractivity contribution in [3.8, 4) is 0 Å². The van der Waals surface area contributed by atoms with Gasteiger partial charge in [-0.05, 0) is 24.0 Å². The second-order valence-corrected chi connectivity index (χ2v) is 6.21. The Morgan fingerprint density at radius 3 is 2.29 bits per heavy atom.